The van der Waals surface area contributed by atoms with E-state index in [0.717, 1.165) is 30.7 Å². The number of halogens is 1. The first-order chi connectivity index (χ1) is 15.4. The molecular formula is C20H27ClN6O3S2. The molecule has 0 atom stereocenters. The highest BCUT2D eigenvalue weighted by molar-refractivity contribution is 7.86. The number of benzene rings is 1. The maximum atomic E-state index is 13.0. The van der Waals surface area contributed by atoms with E-state index in [9.17, 15) is 13.2 Å². The fourth-order valence-corrected chi connectivity index (χ4v) is 6.45. The Balaban J connectivity index is 1.28. The van der Waals surface area contributed by atoms with E-state index in [1.165, 1.54) is 11.3 Å². The summed E-state index contributed by atoms with van der Waals surface area (Å²) in [7, 11) is -3.39. The van der Waals surface area contributed by atoms with Crippen LogP contribution in [0.1, 0.15) is 40.5 Å². The van der Waals surface area contributed by atoms with Gasteiger partial charge < -0.3 is 5.32 Å². The van der Waals surface area contributed by atoms with E-state index >= 15 is 0 Å². The second-order valence-electron chi connectivity index (χ2n) is 7.96. The molecule has 1 aromatic heterocycles. The molecule has 3 heterocycles. The van der Waals surface area contributed by atoms with Crippen molar-refractivity contribution in [3.8, 4) is 0 Å². The Labute approximate surface area is 197 Å². The van der Waals surface area contributed by atoms with Gasteiger partial charge in [-0.05, 0) is 37.1 Å². The highest BCUT2D eigenvalue weighted by atomic mass is 35.5. The monoisotopic (exact) mass is 498 g/mol. The molecule has 0 aliphatic carbocycles. The predicted molar refractivity (Wildman–Crippen MR) is 125 cm³/mol. The lowest BCUT2D eigenvalue weighted by Crippen LogP contribution is -2.52. The maximum Gasteiger partial charge on any atom is 0.286 e. The normalized spacial score (nSPS) is 19.5. The molecule has 1 amide bonds. The van der Waals surface area contributed by atoms with Gasteiger partial charge in [-0.3, -0.25) is 9.69 Å². The minimum Gasteiger partial charge on any atom is -0.320 e. The number of nitrogens with zero attached hydrogens (tertiary/aromatic N) is 5. The van der Waals surface area contributed by atoms with Crippen LogP contribution >= 0.6 is 22.9 Å². The Morgan fingerprint density at radius 2 is 1.56 bits per heavy atom. The molecule has 9 nitrogen and oxygen atoms in total. The van der Waals surface area contributed by atoms with Gasteiger partial charge in [0, 0.05) is 50.0 Å². The van der Waals surface area contributed by atoms with Gasteiger partial charge in [-0.2, -0.15) is 17.0 Å². The topological polar surface area (TPSA) is 98.7 Å². The summed E-state index contributed by atoms with van der Waals surface area (Å²) in [5.74, 6) is -0.315. The van der Waals surface area contributed by atoms with Gasteiger partial charge in [0.2, 0.25) is 5.01 Å². The van der Waals surface area contributed by atoms with E-state index in [4.69, 9.17) is 11.6 Å². The Kier molecular flexibility index (Phi) is 7.74. The van der Waals surface area contributed by atoms with Crippen molar-refractivity contribution < 1.29 is 13.2 Å². The van der Waals surface area contributed by atoms with Crippen molar-refractivity contribution in [3.63, 3.8) is 0 Å². The number of rotatable bonds is 6. The van der Waals surface area contributed by atoms with Gasteiger partial charge in [-0.1, -0.05) is 35.8 Å². The highest BCUT2D eigenvalue weighted by Crippen LogP contribution is 2.20. The molecule has 0 bridgehead atoms. The van der Waals surface area contributed by atoms with Gasteiger partial charge in [0.15, 0.2) is 0 Å². The minimum atomic E-state index is -3.39. The van der Waals surface area contributed by atoms with E-state index in [-0.39, 0.29) is 10.9 Å². The molecule has 0 radical (unpaired) electrons. The SMILES string of the molecule is O=C(Nc1ccc(Cl)cc1)c1nnc(CN2CCN(S(=O)(=O)N3CCCCCC3)CC2)s1. The first-order valence-electron chi connectivity index (χ1n) is 10.8. The van der Waals surface area contributed by atoms with E-state index in [2.05, 4.69) is 20.4 Å². The van der Waals surface area contributed by atoms with Crippen LogP contribution in [0, 0.1) is 0 Å². The van der Waals surface area contributed by atoms with Gasteiger partial charge in [0.05, 0.1) is 6.54 Å². The molecule has 12 heteroatoms. The van der Waals surface area contributed by atoms with E-state index in [0.29, 0.717) is 56.5 Å². The molecule has 174 valence electrons. The Hall–Kier alpha value is -1.63. The Morgan fingerprint density at radius 3 is 2.22 bits per heavy atom. The van der Waals surface area contributed by atoms with Crippen molar-refractivity contribution in [2.24, 2.45) is 0 Å². The van der Waals surface area contributed by atoms with Gasteiger partial charge >= 0.3 is 0 Å². The summed E-state index contributed by atoms with van der Waals surface area (Å²) in [5, 5.41) is 12.6. The summed E-state index contributed by atoms with van der Waals surface area (Å²) in [6.07, 6.45) is 4.07. The van der Waals surface area contributed by atoms with Crippen LogP contribution in [0.15, 0.2) is 24.3 Å². The number of hydrogen-bond acceptors (Lipinski definition) is 7. The van der Waals surface area contributed by atoms with E-state index in [1.54, 1.807) is 32.9 Å². The predicted octanol–water partition coefficient (Wildman–Crippen LogP) is 2.68. The van der Waals surface area contributed by atoms with Crippen molar-refractivity contribution in [2.75, 3.05) is 44.6 Å². The molecule has 4 rings (SSSR count). The average molecular weight is 499 g/mol. The average Bonchev–Trinajstić information content (AvgIpc) is 3.07. The Bertz CT molecular complexity index is 1010. The molecule has 0 unspecified atom stereocenters. The van der Waals surface area contributed by atoms with Gasteiger partial charge in [0.1, 0.15) is 5.01 Å². The van der Waals surface area contributed by atoms with Crippen LogP contribution in [0.4, 0.5) is 5.69 Å². The number of hydrogen-bond donors (Lipinski definition) is 1. The fourth-order valence-electron chi connectivity index (χ4n) is 3.87. The molecular weight excluding hydrogens is 472 g/mol. The molecule has 2 aliphatic rings. The van der Waals surface area contributed by atoms with Crippen LogP contribution in [0.5, 0.6) is 0 Å². The zero-order valence-corrected chi connectivity index (χ0v) is 20.1. The third kappa shape index (κ3) is 5.83. The molecule has 1 aromatic carbocycles. The summed E-state index contributed by atoms with van der Waals surface area (Å²) in [4.78, 5) is 14.6. The molecule has 2 saturated heterocycles. The zero-order valence-electron chi connectivity index (χ0n) is 17.7. The largest absolute Gasteiger partial charge is 0.320 e. The van der Waals surface area contributed by atoms with E-state index < -0.39 is 10.2 Å². The number of aromatic nitrogens is 2. The second-order valence-corrected chi connectivity index (χ2v) is 11.4. The molecule has 1 N–H and O–H groups in total. The molecule has 2 aliphatic heterocycles. The molecule has 2 fully saturated rings. The zero-order chi connectivity index (χ0) is 22.6. The number of amides is 1. The molecule has 32 heavy (non-hydrogen) atoms. The summed E-state index contributed by atoms with van der Waals surface area (Å²) in [6.45, 7) is 3.95. The third-order valence-corrected chi connectivity index (χ3v) is 8.87. The van der Waals surface area contributed by atoms with Crippen molar-refractivity contribution in [1.82, 2.24) is 23.7 Å². The van der Waals surface area contributed by atoms with Crippen LogP contribution in [-0.2, 0) is 16.8 Å². The highest BCUT2D eigenvalue weighted by Gasteiger charge is 2.32. The quantitative estimate of drug-likeness (QED) is 0.657. The van der Waals surface area contributed by atoms with Crippen molar-refractivity contribution in [1.29, 1.82) is 0 Å². The number of nitrogens with one attached hydrogen (secondary N) is 1. The molecule has 2 aromatic rings. The van der Waals surface area contributed by atoms with E-state index in [1.807, 2.05) is 0 Å². The van der Waals surface area contributed by atoms with Crippen LogP contribution in [-0.4, -0.2) is 77.3 Å². The summed E-state index contributed by atoms with van der Waals surface area (Å²) < 4.78 is 29.2. The molecule has 0 spiro atoms. The standard InChI is InChI=1S/C20H27ClN6O3S2/c21-16-5-7-17(8-6-16)22-19(28)20-24-23-18(31-20)15-25-11-13-27(14-12-25)32(29,30)26-9-3-1-2-4-10-26/h5-8H,1-4,9-15H2,(H,22,28). The van der Waals surface area contributed by atoms with Gasteiger partial charge in [-0.15, -0.1) is 10.2 Å². The lowest BCUT2D eigenvalue weighted by molar-refractivity contribution is 0.102. The van der Waals surface area contributed by atoms with Crippen LogP contribution in [0.2, 0.25) is 5.02 Å². The van der Waals surface area contributed by atoms with Crippen molar-refractivity contribution in [2.45, 2.75) is 32.2 Å². The lowest BCUT2D eigenvalue weighted by Gasteiger charge is -2.36. The minimum absolute atomic E-state index is 0.289. The van der Waals surface area contributed by atoms with Crippen LogP contribution in [0.25, 0.3) is 0 Å². The van der Waals surface area contributed by atoms with Crippen molar-refractivity contribution in [3.05, 3.63) is 39.3 Å². The van der Waals surface area contributed by atoms with Crippen LogP contribution in [0.3, 0.4) is 0 Å². The molecule has 0 saturated carbocycles. The van der Waals surface area contributed by atoms with Crippen molar-refractivity contribution >= 4 is 44.7 Å². The van der Waals surface area contributed by atoms with Gasteiger partial charge in [0.25, 0.3) is 16.1 Å². The van der Waals surface area contributed by atoms with Gasteiger partial charge in [-0.25, -0.2) is 0 Å². The van der Waals surface area contributed by atoms with Crippen LogP contribution < -0.4 is 5.32 Å². The second kappa shape index (κ2) is 10.5. The number of carbonyl (C=O) groups excluding carboxylic acids is 1. The first-order valence-corrected chi connectivity index (χ1v) is 13.4. The smallest absolute Gasteiger partial charge is 0.286 e. The summed E-state index contributed by atoms with van der Waals surface area (Å²) in [6, 6.07) is 6.85. The fraction of sp³-hybridized carbons (Fsp3) is 0.550. The maximum absolute atomic E-state index is 13.0. The summed E-state index contributed by atoms with van der Waals surface area (Å²) >= 11 is 7.11. The number of anilines is 1. The third-order valence-electron chi connectivity index (χ3n) is 5.67. The summed E-state index contributed by atoms with van der Waals surface area (Å²) in [5.41, 5.74) is 0.637. The first kappa shape index (κ1) is 23.5. The number of piperazine rings is 1. The number of carbonyl (C=O) groups is 1. The lowest BCUT2D eigenvalue weighted by atomic mass is 10.2. The Morgan fingerprint density at radius 1 is 0.938 bits per heavy atom.